The third kappa shape index (κ3) is 3.83. The number of hydrogen-bond acceptors (Lipinski definition) is 4. The quantitative estimate of drug-likeness (QED) is 0.685. The van der Waals surface area contributed by atoms with Crippen LogP contribution in [0.15, 0.2) is 54.6 Å². The number of rotatable bonds is 4. The molecule has 1 saturated heterocycles. The molecule has 0 aliphatic carbocycles. The first kappa shape index (κ1) is 19.1. The highest BCUT2D eigenvalue weighted by atomic mass is 16.5. The molecule has 0 saturated carbocycles. The molecule has 0 radical (unpaired) electrons. The molecule has 0 bridgehead atoms. The van der Waals surface area contributed by atoms with E-state index in [1.54, 1.807) is 11.8 Å². The van der Waals surface area contributed by atoms with Gasteiger partial charge in [0.25, 0.3) is 5.91 Å². The molecule has 4 rings (SSSR count). The van der Waals surface area contributed by atoms with Crippen LogP contribution < -0.4 is 9.64 Å². The number of piperazine rings is 1. The number of anilines is 1. The summed E-state index contributed by atoms with van der Waals surface area (Å²) in [5, 5.41) is 4.48. The highest BCUT2D eigenvalue weighted by molar-refractivity contribution is 5.93. The third-order valence-corrected chi connectivity index (χ3v) is 5.44. The van der Waals surface area contributed by atoms with Crippen LogP contribution >= 0.6 is 0 Å². The fourth-order valence-electron chi connectivity index (χ4n) is 3.77. The molecule has 2 heterocycles. The molecule has 1 aliphatic rings. The minimum Gasteiger partial charge on any atom is -0.495 e. The zero-order valence-corrected chi connectivity index (χ0v) is 17.1. The van der Waals surface area contributed by atoms with E-state index >= 15 is 0 Å². The Morgan fingerprint density at radius 1 is 1.00 bits per heavy atom. The summed E-state index contributed by atoms with van der Waals surface area (Å²) in [7, 11) is 3.57. The van der Waals surface area contributed by atoms with Gasteiger partial charge in [0.05, 0.1) is 18.5 Å². The molecule has 2 aromatic carbocycles. The standard InChI is InChI=1S/C23H26N4O2/c1-17-8-10-18(11-9-17)21-16-19(24-25(21)2)23(28)27-14-12-26(13-15-27)20-6-4-5-7-22(20)29-3/h4-11,16H,12-15H2,1-3H3. The Bertz CT molecular complexity index is 1000. The van der Waals surface area contributed by atoms with Crippen LogP contribution in [0.3, 0.4) is 0 Å². The smallest absolute Gasteiger partial charge is 0.274 e. The van der Waals surface area contributed by atoms with Gasteiger partial charge in [-0.3, -0.25) is 9.48 Å². The van der Waals surface area contributed by atoms with Gasteiger partial charge in [0.1, 0.15) is 5.75 Å². The second-order valence-electron chi connectivity index (χ2n) is 7.36. The van der Waals surface area contributed by atoms with Crippen molar-refractivity contribution >= 4 is 11.6 Å². The number of aromatic nitrogens is 2. The van der Waals surface area contributed by atoms with Crippen LogP contribution in [0.1, 0.15) is 16.1 Å². The molecule has 3 aromatic rings. The van der Waals surface area contributed by atoms with E-state index in [-0.39, 0.29) is 5.91 Å². The van der Waals surface area contributed by atoms with Crippen LogP contribution in [0.25, 0.3) is 11.3 Å². The minimum absolute atomic E-state index is 0.0151. The maximum Gasteiger partial charge on any atom is 0.274 e. The van der Waals surface area contributed by atoms with Gasteiger partial charge in [-0.2, -0.15) is 5.10 Å². The summed E-state index contributed by atoms with van der Waals surface area (Å²) in [5.74, 6) is 0.846. The number of benzene rings is 2. The predicted octanol–water partition coefficient (Wildman–Crippen LogP) is 3.37. The Hall–Kier alpha value is -3.28. The Morgan fingerprint density at radius 2 is 1.69 bits per heavy atom. The Labute approximate surface area is 171 Å². The van der Waals surface area contributed by atoms with Crippen molar-refractivity contribution in [3.8, 4) is 17.0 Å². The molecule has 1 amide bonds. The summed E-state index contributed by atoms with van der Waals surface area (Å²) in [6, 6.07) is 18.2. The molecule has 0 spiro atoms. The molecule has 6 nitrogen and oxygen atoms in total. The molecular weight excluding hydrogens is 364 g/mol. The molecule has 0 N–H and O–H groups in total. The van der Waals surface area contributed by atoms with E-state index in [1.165, 1.54) is 5.56 Å². The van der Waals surface area contributed by atoms with E-state index in [0.717, 1.165) is 35.8 Å². The topological polar surface area (TPSA) is 50.6 Å². The van der Waals surface area contributed by atoms with Gasteiger partial charge in [-0.25, -0.2) is 0 Å². The molecular formula is C23H26N4O2. The van der Waals surface area contributed by atoms with Gasteiger partial charge in [-0.05, 0) is 30.7 Å². The lowest BCUT2D eigenvalue weighted by atomic mass is 10.1. The predicted molar refractivity (Wildman–Crippen MR) is 114 cm³/mol. The number of methoxy groups -OCH3 is 1. The number of nitrogens with zero attached hydrogens (tertiary/aromatic N) is 4. The lowest BCUT2D eigenvalue weighted by Gasteiger charge is -2.36. The first-order valence-electron chi connectivity index (χ1n) is 9.85. The van der Waals surface area contributed by atoms with Gasteiger partial charge in [0, 0.05) is 33.2 Å². The highest BCUT2D eigenvalue weighted by Crippen LogP contribution is 2.28. The summed E-state index contributed by atoms with van der Waals surface area (Å²) in [5.41, 5.74) is 4.78. The van der Waals surface area contributed by atoms with Crippen molar-refractivity contribution in [2.24, 2.45) is 7.05 Å². The normalized spacial score (nSPS) is 14.2. The van der Waals surface area contributed by atoms with Crippen LogP contribution in [-0.4, -0.2) is 53.9 Å². The second kappa shape index (κ2) is 7.99. The second-order valence-corrected chi connectivity index (χ2v) is 7.36. The number of aryl methyl sites for hydroxylation is 2. The molecule has 0 atom stereocenters. The average Bonchev–Trinajstić information content (AvgIpc) is 3.15. The summed E-state index contributed by atoms with van der Waals surface area (Å²) in [6.45, 7) is 4.92. The monoisotopic (exact) mass is 390 g/mol. The van der Waals surface area contributed by atoms with Crippen LogP contribution in [0.5, 0.6) is 5.75 Å². The zero-order valence-electron chi connectivity index (χ0n) is 17.1. The lowest BCUT2D eigenvalue weighted by Crippen LogP contribution is -2.49. The fourth-order valence-corrected chi connectivity index (χ4v) is 3.77. The van der Waals surface area contributed by atoms with E-state index in [1.807, 2.05) is 36.2 Å². The van der Waals surface area contributed by atoms with E-state index in [4.69, 9.17) is 4.74 Å². The largest absolute Gasteiger partial charge is 0.495 e. The number of carbonyl (C=O) groups excluding carboxylic acids is 1. The van der Waals surface area contributed by atoms with Crippen molar-refractivity contribution in [2.45, 2.75) is 6.92 Å². The van der Waals surface area contributed by atoms with E-state index in [2.05, 4.69) is 47.3 Å². The first-order chi connectivity index (χ1) is 14.1. The molecule has 1 aromatic heterocycles. The molecule has 1 aliphatic heterocycles. The van der Waals surface area contributed by atoms with E-state index in [0.29, 0.717) is 18.8 Å². The SMILES string of the molecule is COc1ccccc1N1CCN(C(=O)c2cc(-c3ccc(C)cc3)n(C)n2)CC1. The molecule has 150 valence electrons. The summed E-state index contributed by atoms with van der Waals surface area (Å²) in [6.07, 6.45) is 0. The van der Waals surface area contributed by atoms with Crippen molar-refractivity contribution in [2.75, 3.05) is 38.2 Å². The summed E-state index contributed by atoms with van der Waals surface area (Å²) >= 11 is 0. The van der Waals surface area contributed by atoms with Gasteiger partial charge in [0.2, 0.25) is 0 Å². The molecule has 6 heteroatoms. The van der Waals surface area contributed by atoms with Crippen molar-refractivity contribution in [1.29, 1.82) is 0 Å². The number of para-hydroxylation sites is 2. The average molecular weight is 390 g/mol. The molecule has 1 fully saturated rings. The zero-order chi connectivity index (χ0) is 20.4. The van der Waals surface area contributed by atoms with Gasteiger partial charge in [-0.15, -0.1) is 0 Å². The Balaban J connectivity index is 1.46. The van der Waals surface area contributed by atoms with Gasteiger partial charge >= 0.3 is 0 Å². The van der Waals surface area contributed by atoms with Gasteiger partial charge < -0.3 is 14.5 Å². The third-order valence-electron chi connectivity index (χ3n) is 5.44. The van der Waals surface area contributed by atoms with Crippen molar-refractivity contribution in [3.05, 3.63) is 65.9 Å². The van der Waals surface area contributed by atoms with Crippen molar-refractivity contribution < 1.29 is 9.53 Å². The van der Waals surface area contributed by atoms with Gasteiger partial charge in [-0.1, -0.05) is 42.0 Å². The first-order valence-corrected chi connectivity index (χ1v) is 9.85. The number of hydrogen-bond donors (Lipinski definition) is 0. The minimum atomic E-state index is -0.0151. The number of amides is 1. The number of carbonyl (C=O) groups is 1. The highest BCUT2D eigenvalue weighted by Gasteiger charge is 2.25. The molecule has 29 heavy (non-hydrogen) atoms. The summed E-state index contributed by atoms with van der Waals surface area (Å²) < 4.78 is 7.25. The van der Waals surface area contributed by atoms with Crippen LogP contribution in [0.2, 0.25) is 0 Å². The lowest BCUT2D eigenvalue weighted by molar-refractivity contribution is 0.0740. The number of ether oxygens (including phenoxy) is 1. The molecule has 0 unspecified atom stereocenters. The van der Waals surface area contributed by atoms with Crippen LogP contribution in [-0.2, 0) is 7.05 Å². The van der Waals surface area contributed by atoms with Crippen molar-refractivity contribution in [3.63, 3.8) is 0 Å². The van der Waals surface area contributed by atoms with Crippen LogP contribution in [0.4, 0.5) is 5.69 Å². The Morgan fingerprint density at radius 3 is 2.38 bits per heavy atom. The Kier molecular flexibility index (Phi) is 5.25. The maximum atomic E-state index is 13.0. The van der Waals surface area contributed by atoms with Crippen LogP contribution in [0, 0.1) is 6.92 Å². The summed E-state index contributed by atoms with van der Waals surface area (Å²) in [4.78, 5) is 17.2. The van der Waals surface area contributed by atoms with Crippen molar-refractivity contribution in [1.82, 2.24) is 14.7 Å². The van der Waals surface area contributed by atoms with E-state index in [9.17, 15) is 4.79 Å². The maximum absolute atomic E-state index is 13.0. The van der Waals surface area contributed by atoms with E-state index < -0.39 is 0 Å². The fraction of sp³-hybridized carbons (Fsp3) is 0.304. The van der Waals surface area contributed by atoms with Gasteiger partial charge in [0.15, 0.2) is 5.69 Å².